The molecule has 0 rings (SSSR count). The summed E-state index contributed by atoms with van der Waals surface area (Å²) in [6, 6.07) is 0. The molecule has 3 atom stereocenters. The standard InChI is InChI=1S/C14H30O4/c1-11(2)6-7-16-13(4)9-18-14(5)10-17-12(3)8-15/h11-15H,6-10H2,1-5H3. The molecule has 0 radical (unpaired) electrons. The summed E-state index contributed by atoms with van der Waals surface area (Å²) in [5.74, 6) is 0.672. The van der Waals surface area contributed by atoms with Gasteiger partial charge in [0.05, 0.1) is 38.1 Å². The van der Waals surface area contributed by atoms with Gasteiger partial charge in [0.2, 0.25) is 0 Å². The van der Waals surface area contributed by atoms with Crippen LogP contribution in [0.4, 0.5) is 0 Å². The van der Waals surface area contributed by atoms with Crippen LogP contribution in [-0.2, 0) is 14.2 Å². The highest BCUT2D eigenvalue weighted by Crippen LogP contribution is 2.03. The van der Waals surface area contributed by atoms with Crippen LogP contribution in [0.5, 0.6) is 0 Å². The molecule has 0 saturated heterocycles. The average Bonchev–Trinajstić information content (AvgIpc) is 2.32. The lowest BCUT2D eigenvalue weighted by Gasteiger charge is -2.19. The van der Waals surface area contributed by atoms with Crippen molar-refractivity contribution < 1.29 is 19.3 Å². The first kappa shape index (κ1) is 17.8. The topological polar surface area (TPSA) is 47.9 Å². The zero-order valence-corrected chi connectivity index (χ0v) is 12.5. The zero-order valence-electron chi connectivity index (χ0n) is 12.5. The number of aliphatic hydroxyl groups excluding tert-OH is 1. The summed E-state index contributed by atoms with van der Waals surface area (Å²) < 4.78 is 16.7. The minimum atomic E-state index is -0.129. The maximum Gasteiger partial charge on any atom is 0.0781 e. The van der Waals surface area contributed by atoms with Crippen LogP contribution < -0.4 is 0 Å². The Kier molecular flexibility index (Phi) is 10.6. The minimum absolute atomic E-state index is 0.0233. The largest absolute Gasteiger partial charge is 0.394 e. The van der Waals surface area contributed by atoms with Crippen LogP contribution >= 0.6 is 0 Å². The van der Waals surface area contributed by atoms with Gasteiger partial charge in [-0.2, -0.15) is 0 Å². The Labute approximate surface area is 112 Å². The molecule has 0 aliphatic heterocycles. The molecular formula is C14H30O4. The first-order valence-electron chi connectivity index (χ1n) is 6.91. The van der Waals surface area contributed by atoms with E-state index < -0.39 is 0 Å². The SMILES string of the molecule is CC(C)CCOC(C)COC(C)COC(C)CO. The number of hydrogen-bond acceptors (Lipinski definition) is 4. The molecule has 0 heterocycles. The molecule has 0 amide bonds. The van der Waals surface area contributed by atoms with Crippen LogP contribution in [0.25, 0.3) is 0 Å². The Morgan fingerprint density at radius 2 is 1.28 bits per heavy atom. The highest BCUT2D eigenvalue weighted by atomic mass is 16.6. The van der Waals surface area contributed by atoms with Gasteiger partial charge in [-0.25, -0.2) is 0 Å². The van der Waals surface area contributed by atoms with Crippen molar-refractivity contribution in [1.29, 1.82) is 0 Å². The molecule has 0 spiro atoms. The van der Waals surface area contributed by atoms with Crippen molar-refractivity contribution in [2.75, 3.05) is 26.4 Å². The van der Waals surface area contributed by atoms with Crippen LogP contribution in [-0.4, -0.2) is 49.8 Å². The van der Waals surface area contributed by atoms with Crippen LogP contribution in [0.2, 0.25) is 0 Å². The van der Waals surface area contributed by atoms with Gasteiger partial charge in [0.15, 0.2) is 0 Å². The van der Waals surface area contributed by atoms with Gasteiger partial charge < -0.3 is 19.3 Å². The van der Waals surface area contributed by atoms with E-state index in [-0.39, 0.29) is 24.9 Å². The van der Waals surface area contributed by atoms with E-state index in [1.54, 1.807) is 0 Å². The zero-order chi connectivity index (χ0) is 14.0. The molecule has 0 aliphatic carbocycles. The fourth-order valence-corrected chi connectivity index (χ4v) is 1.25. The lowest BCUT2D eigenvalue weighted by molar-refractivity contribution is -0.0751. The van der Waals surface area contributed by atoms with Crippen molar-refractivity contribution in [3.8, 4) is 0 Å². The normalized spacial score (nSPS) is 16.8. The summed E-state index contributed by atoms with van der Waals surface area (Å²) in [7, 11) is 0. The molecule has 3 unspecified atom stereocenters. The molecule has 0 saturated carbocycles. The van der Waals surface area contributed by atoms with Crippen molar-refractivity contribution in [3.05, 3.63) is 0 Å². The van der Waals surface area contributed by atoms with Crippen molar-refractivity contribution in [2.24, 2.45) is 5.92 Å². The third-order valence-electron chi connectivity index (χ3n) is 2.59. The van der Waals surface area contributed by atoms with E-state index in [1.807, 2.05) is 20.8 Å². The van der Waals surface area contributed by atoms with E-state index in [1.165, 1.54) is 0 Å². The molecule has 0 aromatic rings. The van der Waals surface area contributed by atoms with Gasteiger partial charge in [0.1, 0.15) is 0 Å². The first-order valence-corrected chi connectivity index (χ1v) is 6.91. The molecular weight excluding hydrogens is 232 g/mol. The summed E-state index contributed by atoms with van der Waals surface area (Å²) in [5, 5.41) is 8.82. The van der Waals surface area contributed by atoms with Crippen molar-refractivity contribution in [1.82, 2.24) is 0 Å². The Hall–Kier alpha value is -0.160. The predicted molar refractivity (Wildman–Crippen MR) is 72.8 cm³/mol. The van der Waals surface area contributed by atoms with Gasteiger partial charge in [-0.3, -0.25) is 0 Å². The lowest BCUT2D eigenvalue weighted by atomic mass is 10.1. The predicted octanol–water partition coefficient (Wildman–Crippen LogP) is 2.24. The second kappa shape index (κ2) is 10.7. The minimum Gasteiger partial charge on any atom is -0.394 e. The molecule has 0 aromatic carbocycles. The summed E-state index contributed by atoms with van der Waals surface area (Å²) in [6.45, 7) is 12.1. The monoisotopic (exact) mass is 262 g/mol. The number of ether oxygens (including phenoxy) is 3. The summed E-state index contributed by atoms with van der Waals surface area (Å²) in [4.78, 5) is 0. The number of aliphatic hydroxyl groups is 1. The van der Waals surface area contributed by atoms with Crippen molar-refractivity contribution in [2.45, 2.75) is 59.4 Å². The van der Waals surface area contributed by atoms with Crippen LogP contribution in [0.15, 0.2) is 0 Å². The Bertz CT molecular complexity index is 185. The van der Waals surface area contributed by atoms with Crippen LogP contribution in [0.3, 0.4) is 0 Å². The Morgan fingerprint density at radius 1 is 0.778 bits per heavy atom. The molecule has 110 valence electrons. The van der Waals surface area contributed by atoms with Gasteiger partial charge in [-0.1, -0.05) is 13.8 Å². The van der Waals surface area contributed by atoms with E-state index in [0.717, 1.165) is 13.0 Å². The third kappa shape index (κ3) is 11.0. The first-order chi connectivity index (χ1) is 8.45. The Morgan fingerprint density at radius 3 is 1.78 bits per heavy atom. The molecule has 4 nitrogen and oxygen atoms in total. The molecule has 4 heteroatoms. The van der Waals surface area contributed by atoms with Gasteiger partial charge in [-0.05, 0) is 33.1 Å². The third-order valence-corrected chi connectivity index (χ3v) is 2.59. The van der Waals surface area contributed by atoms with E-state index in [2.05, 4.69) is 13.8 Å². The van der Waals surface area contributed by atoms with Gasteiger partial charge in [-0.15, -0.1) is 0 Å². The lowest BCUT2D eigenvalue weighted by Crippen LogP contribution is -2.26. The maximum absolute atomic E-state index is 8.82. The fraction of sp³-hybridized carbons (Fsp3) is 1.00. The molecule has 0 fully saturated rings. The van der Waals surface area contributed by atoms with Gasteiger partial charge >= 0.3 is 0 Å². The molecule has 0 bridgehead atoms. The molecule has 0 aromatic heterocycles. The quantitative estimate of drug-likeness (QED) is 0.620. The van der Waals surface area contributed by atoms with Gasteiger partial charge in [0, 0.05) is 6.61 Å². The average molecular weight is 262 g/mol. The van der Waals surface area contributed by atoms with Gasteiger partial charge in [0.25, 0.3) is 0 Å². The van der Waals surface area contributed by atoms with E-state index >= 15 is 0 Å². The Balaban J connectivity index is 3.49. The fourth-order valence-electron chi connectivity index (χ4n) is 1.25. The summed E-state index contributed by atoms with van der Waals surface area (Å²) >= 11 is 0. The second-order valence-corrected chi connectivity index (χ2v) is 5.33. The van der Waals surface area contributed by atoms with Crippen LogP contribution in [0, 0.1) is 5.92 Å². The molecule has 0 aliphatic rings. The second-order valence-electron chi connectivity index (χ2n) is 5.33. The molecule has 18 heavy (non-hydrogen) atoms. The van der Waals surface area contributed by atoms with Crippen LogP contribution in [0.1, 0.15) is 41.0 Å². The van der Waals surface area contributed by atoms with E-state index in [9.17, 15) is 0 Å². The number of rotatable bonds is 11. The summed E-state index contributed by atoms with van der Waals surface area (Å²) in [5.41, 5.74) is 0. The highest BCUT2D eigenvalue weighted by molar-refractivity contribution is 4.55. The van der Waals surface area contributed by atoms with E-state index in [4.69, 9.17) is 19.3 Å². The number of hydrogen-bond donors (Lipinski definition) is 1. The van der Waals surface area contributed by atoms with Crippen molar-refractivity contribution in [3.63, 3.8) is 0 Å². The highest BCUT2D eigenvalue weighted by Gasteiger charge is 2.09. The maximum atomic E-state index is 8.82. The summed E-state index contributed by atoms with van der Waals surface area (Å²) in [6.07, 6.45) is 1.09. The van der Waals surface area contributed by atoms with E-state index in [0.29, 0.717) is 19.1 Å². The molecule has 1 N–H and O–H groups in total. The van der Waals surface area contributed by atoms with Crippen molar-refractivity contribution >= 4 is 0 Å². The smallest absolute Gasteiger partial charge is 0.0781 e.